The number of hydrogen-bond acceptors (Lipinski definition) is 0. The second-order valence-electron chi connectivity index (χ2n) is 0.577. The lowest BCUT2D eigenvalue weighted by atomic mass is 10.6. The maximum absolute atomic E-state index is 3.25. The van der Waals surface area contributed by atoms with Gasteiger partial charge in [0.25, 0.3) is 0 Å². The van der Waals surface area contributed by atoms with Crippen LogP contribution in [-0.4, -0.2) is 0 Å². The van der Waals surface area contributed by atoms with Gasteiger partial charge >= 0.3 is 0 Å². The van der Waals surface area contributed by atoms with E-state index < -0.39 is 0 Å². The smallest absolute Gasteiger partial charge is 0.0448 e. The van der Waals surface area contributed by atoms with Crippen LogP contribution >= 0.6 is 29.4 Å². The van der Waals surface area contributed by atoms with E-state index in [1.807, 2.05) is 20.3 Å². The van der Waals surface area contributed by atoms with Crippen molar-refractivity contribution < 1.29 is 4.70 Å². The van der Waals surface area contributed by atoms with Crippen LogP contribution in [0.25, 0.3) is 0 Å². The summed E-state index contributed by atoms with van der Waals surface area (Å²) >= 11 is 0. The van der Waals surface area contributed by atoms with Gasteiger partial charge in [-0.2, -0.15) is 0 Å². The van der Waals surface area contributed by atoms with Gasteiger partial charge in [0.15, 0.2) is 0 Å². The average Bonchev–Trinajstić information content (AvgIpc) is 1.46. The van der Waals surface area contributed by atoms with Crippen LogP contribution in [0.4, 0.5) is 4.70 Å². The topological polar surface area (TPSA) is 0 Å². The molecule has 0 aromatic carbocycles. The van der Waals surface area contributed by atoms with E-state index in [1.165, 1.54) is 0 Å². The van der Waals surface area contributed by atoms with Crippen LogP contribution in [0.3, 0.4) is 0 Å². The fraction of sp³-hybridized carbons (Fsp3) is 0.500. The first-order chi connectivity index (χ1) is 2.41. The van der Waals surface area contributed by atoms with E-state index in [4.69, 9.17) is 0 Å². The van der Waals surface area contributed by atoms with Gasteiger partial charge in [-0.3, -0.25) is 4.70 Å². The van der Waals surface area contributed by atoms with Crippen molar-refractivity contribution in [2.45, 2.75) is 20.8 Å². The van der Waals surface area contributed by atoms with Gasteiger partial charge in [-0.25, -0.2) is 0 Å². The second kappa shape index (κ2) is 178. The fourth-order valence-corrected chi connectivity index (χ4v) is 0. The Labute approximate surface area is 76.0 Å². The van der Waals surface area contributed by atoms with Crippen LogP contribution in [0.15, 0.2) is 0 Å². The van der Waals surface area contributed by atoms with Gasteiger partial charge in [-0.15, -0.1) is 29.4 Å². The summed E-state index contributed by atoms with van der Waals surface area (Å²) in [5.41, 5.74) is 0. The molecule has 0 aromatic rings. The van der Waals surface area contributed by atoms with E-state index in [1.54, 1.807) is 6.92 Å². The fourth-order valence-electron chi connectivity index (χ4n) is 0. The molecule has 3 radical (unpaired) electrons. The minimum Gasteiger partial charge on any atom is -0.269 e. The second-order valence-corrected chi connectivity index (χ2v) is 0.577. The third kappa shape index (κ3) is 797. The number of halogens is 3. The highest BCUT2D eigenvalue weighted by molar-refractivity contribution is 8.93. The zero-order chi connectivity index (χ0) is 4.71. The highest BCUT2D eigenvalue weighted by atomic mass is 79.9. The van der Waals surface area contributed by atoms with Crippen LogP contribution in [0.1, 0.15) is 20.8 Å². The summed E-state index contributed by atoms with van der Waals surface area (Å²) in [6.07, 6.45) is 2.00. The summed E-state index contributed by atoms with van der Waals surface area (Å²) < 4.78 is 0. The first kappa shape index (κ1) is 53.6. The number of rotatable bonds is 0. The third-order valence-electron chi connectivity index (χ3n) is 0. The molecular formula is C6H18BrClF. The van der Waals surface area contributed by atoms with Crippen molar-refractivity contribution in [2.75, 3.05) is 0 Å². The molecule has 0 unspecified atom stereocenters. The molecule has 0 heterocycles. The van der Waals surface area contributed by atoms with Crippen molar-refractivity contribution in [3.63, 3.8) is 0 Å². The molecule has 0 amide bonds. The van der Waals surface area contributed by atoms with Crippen LogP contribution < -0.4 is 0 Å². The molecule has 0 rings (SSSR count). The maximum Gasteiger partial charge on any atom is -0.0448 e. The van der Waals surface area contributed by atoms with E-state index in [9.17, 15) is 0 Å². The van der Waals surface area contributed by atoms with Crippen LogP contribution in [-0.2, 0) is 0 Å². The van der Waals surface area contributed by atoms with Gasteiger partial charge in [-0.1, -0.05) is 35.1 Å². The predicted octanol–water partition coefficient (Wildman–Crippen LogP) is 3.67. The van der Waals surface area contributed by atoms with Gasteiger partial charge < -0.3 is 0 Å². The molecule has 0 aromatic heterocycles. The Morgan fingerprint density at radius 1 is 1.11 bits per heavy atom. The SMILES string of the molecule is Br.C[CH]C.Cl.F.[CH2]C.[CH3]. The van der Waals surface area contributed by atoms with Crippen molar-refractivity contribution in [1.29, 1.82) is 0 Å². The summed E-state index contributed by atoms with van der Waals surface area (Å²) in [5.74, 6) is 0. The third-order valence-corrected chi connectivity index (χ3v) is 0. The van der Waals surface area contributed by atoms with Gasteiger partial charge in [0.05, 0.1) is 0 Å². The van der Waals surface area contributed by atoms with E-state index in [0.717, 1.165) is 0 Å². The standard InChI is InChI=1S/C3H7.C2H5.CH3.BrH.ClH.FH/c1-3-2;1-2;;;;/h3H,1-2H3;1H2,2H3;1H3;3*1H. The Balaban J connectivity index is -0.00000000357. The molecule has 63 valence electrons. The molecule has 9 heavy (non-hydrogen) atoms. The van der Waals surface area contributed by atoms with Crippen molar-refractivity contribution in [3.8, 4) is 0 Å². The maximum atomic E-state index is 3.25. The van der Waals surface area contributed by atoms with Crippen LogP contribution in [0.2, 0.25) is 0 Å². The predicted molar refractivity (Wildman–Crippen MR) is 53.2 cm³/mol. The van der Waals surface area contributed by atoms with Gasteiger partial charge in [0.1, 0.15) is 0 Å². The Morgan fingerprint density at radius 3 is 1.11 bits per heavy atom. The van der Waals surface area contributed by atoms with Crippen molar-refractivity contribution in [3.05, 3.63) is 20.8 Å². The molecule has 0 fully saturated rings. The highest BCUT2D eigenvalue weighted by Crippen LogP contribution is 1.53. The molecule has 0 N–H and O–H groups in total. The zero-order valence-corrected chi connectivity index (χ0v) is 9.04. The summed E-state index contributed by atoms with van der Waals surface area (Å²) in [5, 5.41) is 0. The molecule has 0 aliphatic rings. The molecule has 0 bridgehead atoms. The lowest BCUT2D eigenvalue weighted by Gasteiger charge is -1.47. The van der Waals surface area contributed by atoms with Crippen molar-refractivity contribution in [1.82, 2.24) is 0 Å². The molecular weight excluding hydrogens is 206 g/mol. The first-order valence-electron chi connectivity index (χ1n) is 1.86. The number of hydrogen-bond donors (Lipinski definition) is 0. The zero-order valence-electron chi connectivity index (χ0n) is 6.51. The van der Waals surface area contributed by atoms with Gasteiger partial charge in [0.2, 0.25) is 0 Å². The summed E-state index contributed by atoms with van der Waals surface area (Å²) in [6, 6.07) is 0. The highest BCUT2D eigenvalue weighted by Gasteiger charge is 1.36. The summed E-state index contributed by atoms with van der Waals surface area (Å²) in [7, 11) is 0. The van der Waals surface area contributed by atoms with E-state index >= 15 is 0 Å². The van der Waals surface area contributed by atoms with Crippen LogP contribution in [0.5, 0.6) is 0 Å². The van der Waals surface area contributed by atoms with Crippen molar-refractivity contribution >= 4 is 29.4 Å². The van der Waals surface area contributed by atoms with E-state index in [-0.39, 0.29) is 41.5 Å². The molecule has 3 heteroatoms. The monoisotopic (exact) mass is 223 g/mol. The Hall–Kier alpha value is 0.700. The molecule has 0 saturated carbocycles. The Morgan fingerprint density at radius 2 is 1.11 bits per heavy atom. The van der Waals surface area contributed by atoms with E-state index in [0.29, 0.717) is 0 Å². The molecule has 0 saturated heterocycles. The molecule has 0 spiro atoms. The Kier molecular flexibility index (Phi) is 1060. The lowest BCUT2D eigenvalue weighted by molar-refractivity contribution is 1.11. The summed E-state index contributed by atoms with van der Waals surface area (Å²) in [4.78, 5) is 0. The normalized spacial score (nSPS) is 2.67. The minimum atomic E-state index is 0. The van der Waals surface area contributed by atoms with Crippen LogP contribution in [0, 0.1) is 20.8 Å². The molecule has 0 aliphatic carbocycles. The summed E-state index contributed by atoms with van der Waals surface area (Å²) in [6.45, 7) is 9.00. The largest absolute Gasteiger partial charge is 0.269 e. The molecule has 0 atom stereocenters. The van der Waals surface area contributed by atoms with E-state index in [2.05, 4.69) is 6.92 Å². The molecule has 0 nitrogen and oxygen atoms in total. The van der Waals surface area contributed by atoms with Gasteiger partial charge in [0, 0.05) is 0 Å². The van der Waals surface area contributed by atoms with Crippen molar-refractivity contribution in [2.24, 2.45) is 0 Å². The Bertz CT molecular complexity index is 13.0. The minimum absolute atomic E-state index is 0. The average molecular weight is 225 g/mol. The molecule has 0 aliphatic heterocycles. The quantitative estimate of drug-likeness (QED) is 0.589. The lowest BCUT2D eigenvalue weighted by Crippen LogP contribution is -1.30. The first-order valence-corrected chi connectivity index (χ1v) is 1.86. The van der Waals surface area contributed by atoms with Gasteiger partial charge in [-0.05, 0) is 6.42 Å².